The highest BCUT2D eigenvalue weighted by molar-refractivity contribution is 14.0. The number of aliphatic imine (C=N–C) groups is 1. The first-order valence-electron chi connectivity index (χ1n) is 9.11. The van der Waals surface area contributed by atoms with Crippen LogP contribution in [0.25, 0.3) is 0 Å². The summed E-state index contributed by atoms with van der Waals surface area (Å²) in [6.07, 6.45) is 0.872. The minimum Gasteiger partial charge on any atom is -0.379 e. The Hall–Kier alpha value is -0.570. The van der Waals surface area contributed by atoms with Crippen molar-refractivity contribution in [1.29, 1.82) is 0 Å². The van der Waals surface area contributed by atoms with Gasteiger partial charge in [-0.2, -0.15) is 0 Å². The lowest BCUT2D eigenvalue weighted by Crippen LogP contribution is -2.52. The van der Waals surface area contributed by atoms with E-state index in [2.05, 4.69) is 42.4 Å². The average Bonchev–Trinajstić information content (AvgIpc) is 2.62. The van der Waals surface area contributed by atoms with Gasteiger partial charge in [-0.3, -0.25) is 9.89 Å². The van der Waals surface area contributed by atoms with Crippen molar-refractivity contribution in [2.75, 3.05) is 45.9 Å². The molecule has 0 saturated carbocycles. The molecule has 1 saturated heterocycles. The van der Waals surface area contributed by atoms with Gasteiger partial charge in [0.15, 0.2) is 5.96 Å². The lowest BCUT2D eigenvalue weighted by Gasteiger charge is -2.39. The first kappa shape index (κ1) is 23.5. The van der Waals surface area contributed by atoms with Gasteiger partial charge in [-0.05, 0) is 38.8 Å². The second kappa shape index (κ2) is 12.0. The molecule has 1 fully saturated rings. The van der Waals surface area contributed by atoms with E-state index in [1.54, 1.807) is 0 Å². The van der Waals surface area contributed by atoms with Crippen LogP contribution in [0.3, 0.4) is 0 Å². The number of guanidine groups is 1. The predicted octanol–water partition coefficient (Wildman–Crippen LogP) is 3.17. The van der Waals surface area contributed by atoms with E-state index in [9.17, 15) is 0 Å². The van der Waals surface area contributed by atoms with Gasteiger partial charge in [-0.15, -0.1) is 24.0 Å². The number of nitrogens with one attached hydrogen (secondary N) is 2. The van der Waals surface area contributed by atoms with Gasteiger partial charge in [-0.25, -0.2) is 0 Å². The SMILES string of the molecule is CCNC(=NCC(C)(C)N1CCOCC1)NCCc1ccccc1Cl.I. The van der Waals surface area contributed by atoms with Crippen molar-refractivity contribution in [2.24, 2.45) is 4.99 Å². The maximum atomic E-state index is 6.22. The molecule has 1 heterocycles. The first-order valence-corrected chi connectivity index (χ1v) is 9.49. The van der Waals surface area contributed by atoms with Gasteiger partial charge in [0.2, 0.25) is 0 Å². The summed E-state index contributed by atoms with van der Waals surface area (Å²) in [5.74, 6) is 0.857. The predicted molar refractivity (Wildman–Crippen MR) is 121 cm³/mol. The zero-order chi connectivity index (χ0) is 18.1. The van der Waals surface area contributed by atoms with Crippen LogP contribution in [0, 0.1) is 0 Å². The van der Waals surface area contributed by atoms with Crippen LogP contribution in [0.5, 0.6) is 0 Å². The number of benzene rings is 1. The van der Waals surface area contributed by atoms with Crippen molar-refractivity contribution in [2.45, 2.75) is 32.7 Å². The van der Waals surface area contributed by atoms with E-state index < -0.39 is 0 Å². The molecule has 0 aromatic heterocycles. The summed E-state index contributed by atoms with van der Waals surface area (Å²) >= 11 is 6.22. The van der Waals surface area contributed by atoms with Gasteiger partial charge < -0.3 is 15.4 Å². The summed E-state index contributed by atoms with van der Waals surface area (Å²) < 4.78 is 5.45. The first-order chi connectivity index (χ1) is 12.0. The van der Waals surface area contributed by atoms with Crippen LogP contribution < -0.4 is 10.6 Å². The van der Waals surface area contributed by atoms with Crippen molar-refractivity contribution in [1.82, 2.24) is 15.5 Å². The number of ether oxygens (including phenoxy) is 1. The van der Waals surface area contributed by atoms with Gasteiger partial charge >= 0.3 is 0 Å². The molecule has 0 unspecified atom stereocenters. The third-order valence-electron chi connectivity index (χ3n) is 4.48. The molecule has 0 bridgehead atoms. The van der Waals surface area contributed by atoms with E-state index in [1.165, 1.54) is 0 Å². The van der Waals surface area contributed by atoms with Crippen molar-refractivity contribution in [3.05, 3.63) is 34.9 Å². The molecule has 2 N–H and O–H groups in total. The van der Waals surface area contributed by atoms with Crippen LogP contribution in [-0.4, -0.2) is 62.3 Å². The summed E-state index contributed by atoms with van der Waals surface area (Å²) in [4.78, 5) is 7.24. The van der Waals surface area contributed by atoms with Crippen LogP contribution in [0.4, 0.5) is 0 Å². The zero-order valence-corrected chi connectivity index (χ0v) is 19.1. The molecule has 0 aliphatic carbocycles. The molecule has 0 spiro atoms. The number of nitrogens with zero attached hydrogens (tertiary/aromatic N) is 2. The van der Waals surface area contributed by atoms with E-state index in [0.29, 0.717) is 0 Å². The number of hydrogen-bond donors (Lipinski definition) is 2. The van der Waals surface area contributed by atoms with Gasteiger partial charge in [-0.1, -0.05) is 29.8 Å². The minimum absolute atomic E-state index is 0. The lowest BCUT2D eigenvalue weighted by atomic mass is 10.0. The fraction of sp³-hybridized carbons (Fsp3) is 0.632. The smallest absolute Gasteiger partial charge is 0.191 e. The highest BCUT2D eigenvalue weighted by atomic mass is 127. The minimum atomic E-state index is 0. The Kier molecular flexibility index (Phi) is 10.8. The largest absolute Gasteiger partial charge is 0.379 e. The Bertz CT molecular complexity index is 562. The Morgan fingerprint density at radius 1 is 1.23 bits per heavy atom. The molecule has 1 aromatic carbocycles. The molecule has 1 aromatic rings. The summed E-state index contributed by atoms with van der Waals surface area (Å²) in [7, 11) is 0. The highest BCUT2D eigenvalue weighted by Crippen LogP contribution is 2.17. The third kappa shape index (κ3) is 7.58. The molecule has 26 heavy (non-hydrogen) atoms. The molecule has 7 heteroatoms. The highest BCUT2D eigenvalue weighted by Gasteiger charge is 2.28. The molecule has 2 rings (SSSR count). The second-order valence-electron chi connectivity index (χ2n) is 6.88. The summed E-state index contributed by atoms with van der Waals surface area (Å²) in [5, 5.41) is 7.55. The van der Waals surface area contributed by atoms with E-state index in [-0.39, 0.29) is 29.5 Å². The van der Waals surface area contributed by atoms with Crippen LogP contribution in [0.1, 0.15) is 26.3 Å². The molecule has 1 aliphatic heterocycles. The monoisotopic (exact) mass is 494 g/mol. The van der Waals surface area contributed by atoms with Gasteiger partial charge in [0.25, 0.3) is 0 Å². The Morgan fingerprint density at radius 2 is 1.92 bits per heavy atom. The Morgan fingerprint density at radius 3 is 2.58 bits per heavy atom. The average molecular weight is 495 g/mol. The quantitative estimate of drug-likeness (QED) is 0.347. The lowest BCUT2D eigenvalue weighted by molar-refractivity contribution is -0.00683. The number of halogens is 2. The van der Waals surface area contributed by atoms with Crippen LogP contribution in [0.15, 0.2) is 29.3 Å². The van der Waals surface area contributed by atoms with E-state index in [0.717, 1.165) is 68.9 Å². The van der Waals surface area contributed by atoms with Gasteiger partial charge in [0.1, 0.15) is 0 Å². The molecule has 0 amide bonds. The van der Waals surface area contributed by atoms with Crippen molar-refractivity contribution < 1.29 is 4.74 Å². The number of rotatable bonds is 7. The zero-order valence-electron chi connectivity index (χ0n) is 16.1. The Labute approximate surface area is 179 Å². The molecule has 0 atom stereocenters. The van der Waals surface area contributed by atoms with Gasteiger partial charge in [0.05, 0.1) is 19.8 Å². The standard InChI is InChI=1S/C19H31ClN4O.HI/c1-4-21-18(22-10-9-16-7-5-6-8-17(16)20)23-15-19(2,3)24-11-13-25-14-12-24;/h5-8H,4,9-15H2,1-3H3,(H2,21,22,23);1H. The van der Waals surface area contributed by atoms with Crippen molar-refractivity contribution in [3.8, 4) is 0 Å². The number of hydrogen-bond acceptors (Lipinski definition) is 3. The maximum Gasteiger partial charge on any atom is 0.191 e. The van der Waals surface area contributed by atoms with Crippen molar-refractivity contribution >= 4 is 41.5 Å². The summed E-state index contributed by atoms with van der Waals surface area (Å²) in [6, 6.07) is 7.97. The van der Waals surface area contributed by atoms with Gasteiger partial charge in [0, 0.05) is 36.7 Å². The van der Waals surface area contributed by atoms with Crippen LogP contribution in [0.2, 0.25) is 5.02 Å². The molecular weight excluding hydrogens is 463 g/mol. The maximum absolute atomic E-state index is 6.22. The van der Waals surface area contributed by atoms with Crippen LogP contribution >= 0.6 is 35.6 Å². The molecule has 5 nitrogen and oxygen atoms in total. The van der Waals surface area contributed by atoms with E-state index in [1.807, 2.05) is 18.2 Å². The van der Waals surface area contributed by atoms with E-state index >= 15 is 0 Å². The normalized spacial score (nSPS) is 16.1. The third-order valence-corrected chi connectivity index (χ3v) is 4.85. The summed E-state index contributed by atoms with van der Waals surface area (Å²) in [6.45, 7) is 12.5. The summed E-state index contributed by atoms with van der Waals surface area (Å²) in [5.41, 5.74) is 1.18. The molecule has 148 valence electrons. The molecule has 1 aliphatic rings. The number of morpholine rings is 1. The van der Waals surface area contributed by atoms with E-state index in [4.69, 9.17) is 21.3 Å². The molecule has 0 radical (unpaired) electrons. The topological polar surface area (TPSA) is 48.9 Å². The fourth-order valence-electron chi connectivity index (χ4n) is 2.90. The molecular formula is C19H32ClIN4O. The fourth-order valence-corrected chi connectivity index (χ4v) is 3.13. The van der Waals surface area contributed by atoms with Crippen LogP contribution in [-0.2, 0) is 11.2 Å². The van der Waals surface area contributed by atoms with Crippen molar-refractivity contribution in [3.63, 3.8) is 0 Å². The second-order valence-corrected chi connectivity index (χ2v) is 7.28. The Balaban J connectivity index is 0.00000338.